The third-order valence-corrected chi connectivity index (χ3v) is 2.01. The minimum Gasteiger partial charge on any atom is -0.504 e. The average Bonchev–Trinajstić information content (AvgIpc) is 2.13. The second-order valence-electron chi connectivity index (χ2n) is 2.71. The maximum absolute atomic E-state index is 12.9. The molecule has 0 aliphatic heterocycles. The van der Waals surface area contributed by atoms with E-state index in [1.807, 2.05) is 0 Å². The third-order valence-electron chi connectivity index (χ3n) is 1.69. The van der Waals surface area contributed by atoms with Crippen molar-refractivity contribution in [3.05, 3.63) is 28.5 Å². The van der Waals surface area contributed by atoms with E-state index in [2.05, 4.69) is 5.32 Å². The topological polar surface area (TPSA) is 49.3 Å². The van der Waals surface area contributed by atoms with Crippen molar-refractivity contribution in [3.8, 4) is 5.75 Å². The van der Waals surface area contributed by atoms with E-state index in [1.165, 1.54) is 6.07 Å². The Morgan fingerprint density at radius 2 is 2.29 bits per heavy atom. The fraction of sp³-hybridized carbons (Fsp3) is 0.222. The maximum Gasteiger partial charge on any atom is 0.181 e. The van der Waals surface area contributed by atoms with Gasteiger partial charge in [-0.05, 0) is 19.2 Å². The summed E-state index contributed by atoms with van der Waals surface area (Å²) in [6, 6.07) is 2.24. The van der Waals surface area contributed by atoms with Gasteiger partial charge in [-0.25, -0.2) is 4.39 Å². The molecule has 0 radical (unpaired) electrons. The number of hydrogen-bond donors (Lipinski definition) is 2. The molecule has 0 aliphatic carbocycles. The number of rotatable bonds is 3. The summed E-state index contributed by atoms with van der Waals surface area (Å²) >= 11 is 5.66. The molecule has 5 heteroatoms. The van der Waals surface area contributed by atoms with E-state index < -0.39 is 17.3 Å². The number of benzene rings is 1. The molecule has 76 valence electrons. The Morgan fingerprint density at radius 1 is 1.64 bits per heavy atom. The Bertz CT molecular complexity index is 368. The first-order valence-corrected chi connectivity index (χ1v) is 4.30. The van der Waals surface area contributed by atoms with Crippen LogP contribution >= 0.6 is 11.6 Å². The van der Waals surface area contributed by atoms with Crippen LogP contribution in [0.5, 0.6) is 5.75 Å². The average molecular weight is 218 g/mol. The molecule has 0 amide bonds. The van der Waals surface area contributed by atoms with Crippen LogP contribution in [0.25, 0.3) is 0 Å². The number of phenols is 1. The van der Waals surface area contributed by atoms with Gasteiger partial charge in [0.1, 0.15) is 0 Å². The van der Waals surface area contributed by atoms with Crippen molar-refractivity contribution in [2.45, 2.75) is 0 Å². The van der Waals surface area contributed by atoms with Crippen molar-refractivity contribution >= 4 is 17.4 Å². The molecule has 1 aromatic carbocycles. The van der Waals surface area contributed by atoms with Gasteiger partial charge in [-0.15, -0.1) is 0 Å². The van der Waals surface area contributed by atoms with E-state index in [1.54, 1.807) is 7.05 Å². The third kappa shape index (κ3) is 2.02. The van der Waals surface area contributed by atoms with Crippen LogP contribution in [0.4, 0.5) is 4.39 Å². The Hall–Kier alpha value is -1.13. The van der Waals surface area contributed by atoms with Gasteiger partial charge in [-0.1, -0.05) is 11.6 Å². The van der Waals surface area contributed by atoms with Crippen molar-refractivity contribution < 1.29 is 14.3 Å². The van der Waals surface area contributed by atoms with Crippen molar-refractivity contribution in [1.29, 1.82) is 0 Å². The van der Waals surface area contributed by atoms with Gasteiger partial charge in [-0.3, -0.25) is 4.79 Å². The number of aromatic hydroxyl groups is 1. The van der Waals surface area contributed by atoms with E-state index in [0.29, 0.717) is 0 Å². The molecule has 0 fully saturated rings. The molecule has 1 aromatic rings. The number of halogens is 2. The molecule has 0 saturated heterocycles. The number of ketones is 1. The molecule has 0 heterocycles. The molecular formula is C9H9ClFNO2. The zero-order valence-corrected chi connectivity index (χ0v) is 8.23. The highest BCUT2D eigenvalue weighted by Gasteiger charge is 2.17. The zero-order chi connectivity index (χ0) is 10.7. The Labute approximate surface area is 85.5 Å². The lowest BCUT2D eigenvalue weighted by Crippen LogP contribution is -2.19. The second-order valence-corrected chi connectivity index (χ2v) is 3.11. The maximum atomic E-state index is 12.9. The Morgan fingerprint density at radius 3 is 2.86 bits per heavy atom. The Kier molecular flexibility index (Phi) is 3.43. The summed E-state index contributed by atoms with van der Waals surface area (Å²) in [6.45, 7) is -0.00324. The van der Waals surface area contributed by atoms with E-state index >= 15 is 0 Å². The van der Waals surface area contributed by atoms with Gasteiger partial charge in [0, 0.05) is 0 Å². The smallest absolute Gasteiger partial charge is 0.181 e. The molecule has 2 N–H and O–H groups in total. The Balaban J connectivity index is 3.18. The minimum absolute atomic E-state index is 0.00324. The minimum atomic E-state index is -0.853. The summed E-state index contributed by atoms with van der Waals surface area (Å²) in [5, 5.41) is 11.9. The molecule has 1 rings (SSSR count). The highest BCUT2D eigenvalue weighted by Crippen LogP contribution is 2.28. The predicted octanol–water partition coefficient (Wildman–Crippen LogP) is 1.59. The first-order chi connectivity index (χ1) is 6.57. The van der Waals surface area contributed by atoms with Crippen LogP contribution in [0.2, 0.25) is 5.02 Å². The first-order valence-electron chi connectivity index (χ1n) is 3.92. The molecule has 0 saturated carbocycles. The highest BCUT2D eigenvalue weighted by molar-refractivity contribution is 6.34. The predicted molar refractivity (Wildman–Crippen MR) is 51.3 cm³/mol. The molecule has 14 heavy (non-hydrogen) atoms. The zero-order valence-electron chi connectivity index (χ0n) is 7.47. The quantitative estimate of drug-likeness (QED) is 0.756. The summed E-state index contributed by atoms with van der Waals surface area (Å²) in [6.07, 6.45) is 0. The number of hydrogen-bond acceptors (Lipinski definition) is 3. The summed E-state index contributed by atoms with van der Waals surface area (Å²) in [5.74, 6) is -2.00. The normalized spacial score (nSPS) is 10.2. The number of likely N-dealkylation sites (N-methyl/N-ethyl adjacent to an activating group) is 1. The molecule has 0 aliphatic rings. The molecule has 0 aromatic heterocycles. The van der Waals surface area contributed by atoms with E-state index in [9.17, 15) is 14.3 Å². The van der Waals surface area contributed by atoms with Crippen LogP contribution in [0.1, 0.15) is 10.4 Å². The van der Waals surface area contributed by atoms with Crippen LogP contribution in [0.15, 0.2) is 12.1 Å². The van der Waals surface area contributed by atoms with Crippen molar-refractivity contribution in [2.75, 3.05) is 13.6 Å². The van der Waals surface area contributed by atoms with Gasteiger partial charge >= 0.3 is 0 Å². The second kappa shape index (κ2) is 4.39. The first kappa shape index (κ1) is 10.9. The lowest BCUT2D eigenvalue weighted by atomic mass is 10.1. The molecule has 3 nitrogen and oxygen atoms in total. The van der Waals surface area contributed by atoms with Crippen molar-refractivity contribution in [2.24, 2.45) is 0 Å². The monoisotopic (exact) mass is 217 g/mol. The summed E-state index contributed by atoms with van der Waals surface area (Å²) < 4.78 is 12.9. The van der Waals surface area contributed by atoms with Gasteiger partial charge in [-0.2, -0.15) is 0 Å². The SMILES string of the molecule is CNCC(=O)c1c(Cl)ccc(F)c1O. The van der Waals surface area contributed by atoms with Crippen molar-refractivity contribution in [1.82, 2.24) is 5.32 Å². The van der Waals surface area contributed by atoms with E-state index in [4.69, 9.17) is 11.6 Å². The highest BCUT2D eigenvalue weighted by atomic mass is 35.5. The van der Waals surface area contributed by atoms with Crippen LogP contribution in [-0.2, 0) is 0 Å². The van der Waals surface area contributed by atoms with E-state index in [-0.39, 0.29) is 17.1 Å². The van der Waals surface area contributed by atoms with Crippen LogP contribution in [0, 0.1) is 5.82 Å². The number of carbonyl (C=O) groups excluding carboxylic acids is 1. The lowest BCUT2D eigenvalue weighted by Gasteiger charge is -2.06. The summed E-state index contributed by atoms with van der Waals surface area (Å²) in [4.78, 5) is 11.4. The molecule has 0 atom stereocenters. The lowest BCUT2D eigenvalue weighted by molar-refractivity contribution is 0.0990. The fourth-order valence-corrected chi connectivity index (χ4v) is 1.31. The molecular weight excluding hydrogens is 209 g/mol. The summed E-state index contributed by atoms with van der Waals surface area (Å²) in [7, 11) is 1.57. The van der Waals surface area contributed by atoms with Gasteiger partial charge in [0.25, 0.3) is 0 Å². The number of phenolic OH excluding ortho intramolecular Hbond substituents is 1. The van der Waals surface area contributed by atoms with Crippen LogP contribution in [0.3, 0.4) is 0 Å². The van der Waals surface area contributed by atoms with E-state index in [0.717, 1.165) is 6.07 Å². The standard InChI is InChI=1S/C9H9ClFNO2/c1-12-4-7(13)8-5(10)2-3-6(11)9(8)14/h2-3,12,14H,4H2,1H3. The van der Waals surface area contributed by atoms with Gasteiger partial charge < -0.3 is 10.4 Å². The molecule has 0 bridgehead atoms. The molecule has 0 spiro atoms. The van der Waals surface area contributed by atoms with Crippen LogP contribution in [-0.4, -0.2) is 24.5 Å². The number of nitrogens with one attached hydrogen (secondary N) is 1. The number of carbonyl (C=O) groups is 1. The fourth-order valence-electron chi connectivity index (χ4n) is 1.06. The molecule has 0 unspecified atom stereocenters. The van der Waals surface area contributed by atoms with Gasteiger partial charge in [0.15, 0.2) is 17.3 Å². The van der Waals surface area contributed by atoms with Crippen LogP contribution < -0.4 is 5.32 Å². The largest absolute Gasteiger partial charge is 0.504 e. The summed E-state index contributed by atoms with van der Waals surface area (Å²) in [5.41, 5.74) is -0.180. The van der Waals surface area contributed by atoms with Gasteiger partial charge in [0.2, 0.25) is 0 Å². The van der Waals surface area contributed by atoms with Crippen molar-refractivity contribution in [3.63, 3.8) is 0 Å². The van der Waals surface area contributed by atoms with Gasteiger partial charge in [0.05, 0.1) is 17.1 Å². The number of Topliss-reactive ketones (excluding diaryl/α,β-unsaturated/α-hetero) is 1.